The van der Waals surface area contributed by atoms with Gasteiger partial charge in [0, 0.05) is 43.3 Å². The summed E-state index contributed by atoms with van der Waals surface area (Å²) in [5, 5.41) is 14.1. The highest BCUT2D eigenvalue weighted by atomic mass is 32.2. The molecule has 0 unspecified atom stereocenters. The van der Waals surface area contributed by atoms with E-state index in [1.165, 1.54) is 16.4 Å². The van der Waals surface area contributed by atoms with E-state index in [1.54, 1.807) is 36.4 Å². The number of unbranched alkanes of at least 4 members (excludes halogenated alkanes) is 1. The minimum Gasteiger partial charge on any atom is -0.395 e. The first-order valence-electron chi connectivity index (χ1n) is 16.3. The molecule has 48 heavy (non-hydrogen) atoms. The van der Waals surface area contributed by atoms with Crippen LogP contribution < -0.4 is 10.0 Å². The molecule has 0 saturated heterocycles. The SMILES string of the molecule is Cc1ccc(S(=O)(=O)N[C@@H](Cc2cn(C)c3ccccc23)C(=O)NCCCC[C@@H](CO)N(CC(C)C)S(=O)(=O)c2ccc(C)cc2)cc1. The number of rotatable bonds is 17. The average Bonchev–Trinajstić information content (AvgIpc) is 3.36. The van der Waals surface area contributed by atoms with Gasteiger partial charge in [0.15, 0.2) is 0 Å². The summed E-state index contributed by atoms with van der Waals surface area (Å²) >= 11 is 0. The molecule has 0 bridgehead atoms. The highest BCUT2D eigenvalue weighted by molar-refractivity contribution is 7.89. The van der Waals surface area contributed by atoms with E-state index in [4.69, 9.17) is 0 Å². The lowest BCUT2D eigenvalue weighted by molar-refractivity contribution is -0.122. The van der Waals surface area contributed by atoms with E-state index in [2.05, 4.69) is 10.0 Å². The van der Waals surface area contributed by atoms with Crippen LogP contribution >= 0.6 is 0 Å². The zero-order valence-electron chi connectivity index (χ0n) is 28.4. The van der Waals surface area contributed by atoms with E-state index in [-0.39, 0.29) is 41.8 Å². The summed E-state index contributed by atoms with van der Waals surface area (Å²) in [5.74, 6) is -0.415. The van der Waals surface area contributed by atoms with Crippen molar-refractivity contribution in [2.45, 2.75) is 75.3 Å². The molecule has 4 rings (SSSR count). The first-order chi connectivity index (χ1) is 22.7. The lowest BCUT2D eigenvalue weighted by atomic mass is 10.0. The number of sulfonamides is 2. The minimum absolute atomic E-state index is 0.0425. The van der Waals surface area contributed by atoms with Gasteiger partial charge in [-0.25, -0.2) is 16.8 Å². The van der Waals surface area contributed by atoms with Crippen LogP contribution in [0, 0.1) is 19.8 Å². The number of hydrogen-bond acceptors (Lipinski definition) is 6. The van der Waals surface area contributed by atoms with E-state index in [1.807, 2.05) is 69.8 Å². The normalized spacial score (nSPS) is 13.7. The van der Waals surface area contributed by atoms with E-state index < -0.39 is 38.0 Å². The predicted molar refractivity (Wildman–Crippen MR) is 190 cm³/mol. The Bertz CT molecular complexity index is 1890. The number of aliphatic hydroxyl groups excluding tert-OH is 1. The molecule has 260 valence electrons. The molecule has 3 N–H and O–H groups in total. The van der Waals surface area contributed by atoms with Crippen molar-refractivity contribution < 1.29 is 26.7 Å². The first kappa shape index (κ1) is 37.3. The molecule has 3 aromatic carbocycles. The third-order valence-electron chi connectivity index (χ3n) is 8.40. The third kappa shape index (κ3) is 9.32. The Morgan fingerprint density at radius 1 is 0.875 bits per heavy atom. The Morgan fingerprint density at radius 3 is 2.08 bits per heavy atom. The van der Waals surface area contributed by atoms with Gasteiger partial charge in [0.1, 0.15) is 6.04 Å². The molecule has 2 atom stereocenters. The van der Waals surface area contributed by atoms with Gasteiger partial charge >= 0.3 is 0 Å². The number of aliphatic hydroxyl groups is 1. The number of para-hydroxylation sites is 1. The zero-order chi connectivity index (χ0) is 35.1. The number of benzene rings is 3. The Morgan fingerprint density at radius 2 is 1.48 bits per heavy atom. The first-order valence-corrected chi connectivity index (χ1v) is 19.2. The molecular weight excluding hydrogens is 649 g/mol. The molecule has 0 aliphatic rings. The lowest BCUT2D eigenvalue weighted by Crippen LogP contribution is -2.48. The topological polar surface area (TPSA) is 138 Å². The maximum atomic E-state index is 13.6. The van der Waals surface area contributed by atoms with Crippen LogP contribution in [-0.4, -0.2) is 68.5 Å². The molecular formula is C36H48N4O6S2. The number of fused-ring (bicyclic) bond motifs is 1. The number of amides is 1. The predicted octanol–water partition coefficient (Wildman–Crippen LogP) is 4.68. The van der Waals surface area contributed by atoms with Gasteiger partial charge in [0.05, 0.1) is 16.4 Å². The largest absolute Gasteiger partial charge is 0.395 e. The van der Waals surface area contributed by atoms with Crippen molar-refractivity contribution in [1.29, 1.82) is 0 Å². The summed E-state index contributed by atoms with van der Waals surface area (Å²) in [6.45, 7) is 7.81. The maximum absolute atomic E-state index is 13.6. The summed E-state index contributed by atoms with van der Waals surface area (Å²) in [4.78, 5) is 13.8. The molecule has 1 heterocycles. The Balaban J connectivity index is 1.44. The van der Waals surface area contributed by atoms with Crippen LogP contribution in [0.4, 0.5) is 0 Å². The summed E-state index contributed by atoms with van der Waals surface area (Å²) in [6.07, 6.45) is 3.49. The van der Waals surface area contributed by atoms with Crippen LogP contribution in [0.3, 0.4) is 0 Å². The molecule has 0 aliphatic carbocycles. The molecule has 10 nitrogen and oxygen atoms in total. The quantitative estimate of drug-likeness (QED) is 0.137. The van der Waals surface area contributed by atoms with E-state index in [9.17, 15) is 26.7 Å². The van der Waals surface area contributed by atoms with Gasteiger partial charge in [-0.1, -0.05) is 73.9 Å². The second kappa shape index (κ2) is 16.2. The molecule has 1 aromatic heterocycles. The number of aryl methyl sites for hydroxylation is 3. The number of carbonyl (C=O) groups excluding carboxylic acids is 1. The number of carbonyl (C=O) groups is 1. The number of nitrogens with one attached hydrogen (secondary N) is 2. The van der Waals surface area contributed by atoms with Gasteiger partial charge in [-0.15, -0.1) is 0 Å². The van der Waals surface area contributed by atoms with Gasteiger partial charge in [-0.3, -0.25) is 4.79 Å². The van der Waals surface area contributed by atoms with Crippen LogP contribution in [-0.2, 0) is 38.3 Å². The second-order valence-electron chi connectivity index (χ2n) is 12.9. The van der Waals surface area contributed by atoms with Crippen molar-refractivity contribution in [2.24, 2.45) is 13.0 Å². The van der Waals surface area contributed by atoms with Crippen molar-refractivity contribution in [1.82, 2.24) is 18.9 Å². The Labute approximate surface area is 285 Å². The molecule has 4 aromatic rings. The summed E-state index contributed by atoms with van der Waals surface area (Å²) in [5.41, 5.74) is 3.68. The van der Waals surface area contributed by atoms with Crippen molar-refractivity contribution in [3.8, 4) is 0 Å². The molecule has 12 heteroatoms. The van der Waals surface area contributed by atoms with Gasteiger partial charge in [-0.05, 0) is 74.9 Å². The number of hydrogen-bond donors (Lipinski definition) is 3. The van der Waals surface area contributed by atoms with Crippen LogP contribution in [0.25, 0.3) is 10.9 Å². The van der Waals surface area contributed by atoms with Gasteiger partial charge in [0.2, 0.25) is 26.0 Å². The van der Waals surface area contributed by atoms with Crippen LogP contribution in [0.1, 0.15) is 49.8 Å². The smallest absolute Gasteiger partial charge is 0.243 e. The molecule has 0 saturated carbocycles. The fraction of sp³-hybridized carbons (Fsp3) is 0.417. The van der Waals surface area contributed by atoms with Crippen LogP contribution in [0.2, 0.25) is 0 Å². The molecule has 0 fully saturated rings. The molecule has 1 amide bonds. The summed E-state index contributed by atoms with van der Waals surface area (Å²) in [6, 6.07) is 19.2. The van der Waals surface area contributed by atoms with Crippen molar-refractivity contribution in [2.75, 3.05) is 19.7 Å². The molecule has 0 radical (unpaired) electrons. The zero-order valence-corrected chi connectivity index (χ0v) is 30.0. The standard InChI is InChI=1S/C36H48N4O6S2/c1-26(2)23-40(48(45,46)32-19-15-28(4)16-20-32)30(25-41)10-8-9-21-37-36(42)34(38-47(43,44)31-17-13-27(3)14-18-31)22-29-24-39(5)35-12-7-6-11-33(29)35/h6-7,11-20,24,26,30,34,38,41H,8-10,21-23,25H2,1-5H3,(H,37,42)/t30-,34-/m0/s1. The van der Waals surface area contributed by atoms with Crippen molar-refractivity contribution >= 4 is 36.9 Å². The van der Waals surface area contributed by atoms with Crippen LogP contribution in [0.15, 0.2) is 88.8 Å². The second-order valence-corrected chi connectivity index (χ2v) is 16.5. The van der Waals surface area contributed by atoms with E-state index >= 15 is 0 Å². The minimum atomic E-state index is -4.00. The lowest BCUT2D eigenvalue weighted by Gasteiger charge is -2.31. The van der Waals surface area contributed by atoms with Gasteiger partial charge in [-0.2, -0.15) is 9.03 Å². The third-order valence-corrected chi connectivity index (χ3v) is 11.8. The monoisotopic (exact) mass is 696 g/mol. The van der Waals surface area contributed by atoms with Gasteiger partial charge in [0.25, 0.3) is 0 Å². The van der Waals surface area contributed by atoms with E-state index in [0.717, 1.165) is 27.6 Å². The molecule has 0 spiro atoms. The molecule has 0 aliphatic heterocycles. The summed E-state index contributed by atoms with van der Waals surface area (Å²) in [7, 11) is -5.94. The Kier molecular flexibility index (Phi) is 12.6. The fourth-order valence-corrected chi connectivity index (χ4v) is 8.79. The van der Waals surface area contributed by atoms with Gasteiger partial charge < -0.3 is 15.0 Å². The highest BCUT2D eigenvalue weighted by Gasteiger charge is 2.32. The average molecular weight is 697 g/mol. The maximum Gasteiger partial charge on any atom is 0.243 e. The number of aromatic nitrogens is 1. The Hall–Kier alpha value is -3.55. The van der Waals surface area contributed by atoms with Crippen LogP contribution in [0.5, 0.6) is 0 Å². The number of nitrogens with zero attached hydrogens (tertiary/aromatic N) is 2. The summed E-state index contributed by atoms with van der Waals surface area (Å²) < 4.78 is 59.9. The highest BCUT2D eigenvalue weighted by Crippen LogP contribution is 2.24. The van der Waals surface area contributed by atoms with Crippen molar-refractivity contribution in [3.05, 3.63) is 95.7 Å². The van der Waals surface area contributed by atoms with Crippen molar-refractivity contribution in [3.63, 3.8) is 0 Å². The fourth-order valence-electron chi connectivity index (χ4n) is 5.78. The van der Waals surface area contributed by atoms with E-state index in [0.29, 0.717) is 19.3 Å².